The van der Waals surface area contributed by atoms with Crippen molar-refractivity contribution < 1.29 is 4.39 Å². The molecule has 5 rings (SSSR count). The summed E-state index contributed by atoms with van der Waals surface area (Å²) in [6.07, 6.45) is 12.6. The third-order valence-corrected chi connectivity index (χ3v) is 4.73. The highest BCUT2D eigenvalue weighted by Gasteiger charge is 2.28. The number of rotatable bonds is 2. The summed E-state index contributed by atoms with van der Waals surface area (Å²) in [5.41, 5.74) is 4.11. The Balaban J connectivity index is 1.65. The van der Waals surface area contributed by atoms with Gasteiger partial charge in [0.25, 0.3) is 0 Å². The van der Waals surface area contributed by atoms with E-state index in [1.165, 1.54) is 29.8 Å². The van der Waals surface area contributed by atoms with Crippen LogP contribution in [0, 0.1) is 5.82 Å². The minimum atomic E-state index is -0.368. The summed E-state index contributed by atoms with van der Waals surface area (Å²) in [7, 11) is 0. The first kappa shape index (κ1) is 13.8. The minimum Gasteiger partial charge on any atom is -0.240 e. The van der Waals surface area contributed by atoms with Crippen molar-refractivity contribution >= 4 is 11.2 Å². The predicted octanol–water partition coefficient (Wildman–Crippen LogP) is 3.30. The van der Waals surface area contributed by atoms with Gasteiger partial charge in [-0.15, -0.1) is 0 Å². The van der Waals surface area contributed by atoms with Gasteiger partial charge in [-0.05, 0) is 43.7 Å². The standard InChI is InChI=1S/C18H16FN5/c19-15-7-12(9-24-18(15)21-10-22-24)13-3-1-2-4-16-14(13)8-20-17(23-16)11-5-6-11/h3,7-11H,1-2,4-6H2. The second-order valence-corrected chi connectivity index (χ2v) is 6.48. The lowest BCUT2D eigenvalue weighted by Gasteiger charge is -2.12. The van der Waals surface area contributed by atoms with E-state index >= 15 is 0 Å². The molecule has 1 fully saturated rings. The van der Waals surface area contributed by atoms with Crippen LogP contribution in [0.15, 0.2) is 30.9 Å². The molecule has 0 bridgehead atoms. The number of pyridine rings is 1. The van der Waals surface area contributed by atoms with Crippen molar-refractivity contribution in [2.75, 3.05) is 0 Å². The van der Waals surface area contributed by atoms with Crippen molar-refractivity contribution in [1.82, 2.24) is 24.6 Å². The zero-order valence-electron chi connectivity index (χ0n) is 13.1. The van der Waals surface area contributed by atoms with Crippen molar-refractivity contribution in [2.45, 2.75) is 38.0 Å². The first-order valence-corrected chi connectivity index (χ1v) is 8.35. The SMILES string of the molecule is Fc1cc(C2=CCCCc3nc(C4CC4)ncc32)cn2ncnc12. The van der Waals surface area contributed by atoms with Crippen LogP contribution in [-0.4, -0.2) is 24.6 Å². The lowest BCUT2D eigenvalue weighted by molar-refractivity contribution is 0.627. The molecule has 2 aliphatic rings. The molecule has 5 nitrogen and oxygen atoms in total. The Hall–Kier alpha value is -2.63. The maximum atomic E-state index is 14.3. The average molecular weight is 321 g/mol. The van der Waals surface area contributed by atoms with Crippen LogP contribution in [0.2, 0.25) is 0 Å². The Kier molecular flexibility index (Phi) is 2.98. The van der Waals surface area contributed by atoms with Gasteiger partial charge < -0.3 is 0 Å². The van der Waals surface area contributed by atoms with Crippen LogP contribution in [0.25, 0.3) is 11.2 Å². The van der Waals surface area contributed by atoms with Crippen LogP contribution in [0.3, 0.4) is 0 Å². The Morgan fingerprint density at radius 2 is 2.12 bits per heavy atom. The average Bonchev–Trinajstić information content (AvgIpc) is 3.36. The molecule has 2 aliphatic carbocycles. The smallest absolute Gasteiger partial charge is 0.191 e. The Morgan fingerprint density at radius 1 is 1.21 bits per heavy atom. The van der Waals surface area contributed by atoms with Crippen LogP contribution < -0.4 is 0 Å². The highest BCUT2D eigenvalue weighted by atomic mass is 19.1. The molecule has 3 aromatic rings. The van der Waals surface area contributed by atoms with Gasteiger partial charge in [-0.1, -0.05) is 6.08 Å². The van der Waals surface area contributed by atoms with Crippen LogP contribution in [0.1, 0.15) is 54.2 Å². The molecular weight excluding hydrogens is 305 g/mol. The summed E-state index contributed by atoms with van der Waals surface area (Å²) in [4.78, 5) is 13.3. The third-order valence-electron chi connectivity index (χ3n) is 4.73. The summed E-state index contributed by atoms with van der Waals surface area (Å²) < 4.78 is 15.8. The molecule has 6 heteroatoms. The number of allylic oxidation sites excluding steroid dienone is 1. The molecule has 0 N–H and O–H groups in total. The predicted molar refractivity (Wildman–Crippen MR) is 87.0 cm³/mol. The van der Waals surface area contributed by atoms with Gasteiger partial charge in [-0.3, -0.25) is 0 Å². The van der Waals surface area contributed by atoms with E-state index < -0.39 is 0 Å². The molecule has 24 heavy (non-hydrogen) atoms. The number of halogens is 1. The van der Waals surface area contributed by atoms with E-state index in [1.54, 1.807) is 0 Å². The van der Waals surface area contributed by atoms with E-state index in [2.05, 4.69) is 21.1 Å². The van der Waals surface area contributed by atoms with Gasteiger partial charge in [-0.25, -0.2) is 23.9 Å². The number of aryl methyl sites for hydroxylation is 1. The Bertz CT molecular complexity index is 971. The molecule has 120 valence electrons. The molecule has 0 aliphatic heterocycles. The largest absolute Gasteiger partial charge is 0.240 e. The Morgan fingerprint density at radius 3 is 3.00 bits per heavy atom. The van der Waals surface area contributed by atoms with Crippen molar-refractivity contribution in [1.29, 1.82) is 0 Å². The number of fused-ring (bicyclic) bond motifs is 2. The molecule has 3 heterocycles. The quantitative estimate of drug-likeness (QED) is 0.727. The lowest BCUT2D eigenvalue weighted by Crippen LogP contribution is -2.04. The number of hydrogen-bond acceptors (Lipinski definition) is 4. The summed E-state index contributed by atoms with van der Waals surface area (Å²) >= 11 is 0. The summed E-state index contributed by atoms with van der Waals surface area (Å²) in [5, 5.41) is 4.07. The molecule has 3 aromatic heterocycles. The number of hydrogen-bond donors (Lipinski definition) is 0. The lowest BCUT2D eigenvalue weighted by atomic mass is 9.99. The fourth-order valence-corrected chi connectivity index (χ4v) is 3.32. The number of aromatic nitrogens is 5. The van der Waals surface area contributed by atoms with Gasteiger partial charge in [0, 0.05) is 29.4 Å². The molecule has 0 unspecified atom stereocenters. The zero-order valence-corrected chi connectivity index (χ0v) is 13.1. The highest BCUT2D eigenvalue weighted by Crippen LogP contribution is 2.39. The third kappa shape index (κ3) is 2.21. The van der Waals surface area contributed by atoms with Crippen molar-refractivity contribution in [3.05, 3.63) is 59.3 Å². The molecule has 0 spiro atoms. The first-order valence-electron chi connectivity index (χ1n) is 8.35. The molecule has 0 saturated heterocycles. The fraction of sp³-hybridized carbons (Fsp3) is 0.333. The van der Waals surface area contributed by atoms with Gasteiger partial charge >= 0.3 is 0 Å². The topological polar surface area (TPSA) is 56.0 Å². The molecule has 0 atom stereocenters. The van der Waals surface area contributed by atoms with E-state index in [9.17, 15) is 4.39 Å². The van der Waals surface area contributed by atoms with Crippen LogP contribution in [-0.2, 0) is 6.42 Å². The molecular formula is C18H16FN5. The summed E-state index contributed by atoms with van der Waals surface area (Å²) in [6.45, 7) is 0. The Labute approximate surface area is 138 Å². The molecule has 0 radical (unpaired) electrons. The van der Waals surface area contributed by atoms with E-state index in [-0.39, 0.29) is 11.5 Å². The van der Waals surface area contributed by atoms with Crippen molar-refractivity contribution in [2.24, 2.45) is 0 Å². The van der Waals surface area contributed by atoms with Crippen LogP contribution in [0.5, 0.6) is 0 Å². The van der Waals surface area contributed by atoms with E-state index in [0.717, 1.165) is 47.5 Å². The minimum absolute atomic E-state index is 0.244. The summed E-state index contributed by atoms with van der Waals surface area (Å²) in [5.74, 6) is 1.13. The second-order valence-electron chi connectivity index (χ2n) is 6.48. The van der Waals surface area contributed by atoms with Crippen LogP contribution >= 0.6 is 0 Å². The summed E-state index contributed by atoms with van der Waals surface area (Å²) in [6, 6.07) is 1.53. The first-order chi connectivity index (χ1) is 11.8. The second kappa shape index (κ2) is 5.19. The zero-order chi connectivity index (χ0) is 16.1. The van der Waals surface area contributed by atoms with Gasteiger partial charge in [0.1, 0.15) is 12.2 Å². The maximum absolute atomic E-state index is 14.3. The van der Waals surface area contributed by atoms with E-state index in [1.807, 2.05) is 12.4 Å². The highest BCUT2D eigenvalue weighted by molar-refractivity contribution is 5.81. The van der Waals surface area contributed by atoms with Gasteiger partial charge in [0.2, 0.25) is 0 Å². The van der Waals surface area contributed by atoms with E-state index in [0.29, 0.717) is 5.92 Å². The van der Waals surface area contributed by atoms with Gasteiger partial charge in [-0.2, -0.15) is 5.10 Å². The fourth-order valence-electron chi connectivity index (χ4n) is 3.32. The van der Waals surface area contributed by atoms with Crippen LogP contribution in [0.4, 0.5) is 4.39 Å². The maximum Gasteiger partial charge on any atom is 0.191 e. The van der Waals surface area contributed by atoms with Crippen molar-refractivity contribution in [3.63, 3.8) is 0 Å². The monoisotopic (exact) mass is 321 g/mol. The molecule has 0 aromatic carbocycles. The van der Waals surface area contributed by atoms with Crippen molar-refractivity contribution in [3.8, 4) is 0 Å². The normalized spacial score (nSPS) is 17.5. The molecule has 0 amide bonds. The number of nitrogens with zero attached hydrogens (tertiary/aromatic N) is 5. The van der Waals surface area contributed by atoms with E-state index in [4.69, 9.17) is 4.98 Å². The van der Waals surface area contributed by atoms with Gasteiger partial charge in [0.15, 0.2) is 11.5 Å². The van der Waals surface area contributed by atoms with Gasteiger partial charge in [0.05, 0.1) is 5.69 Å². The molecule has 1 saturated carbocycles.